The molecule has 1 rings (SSSR count). The van der Waals surface area contributed by atoms with E-state index in [1.807, 2.05) is 0 Å². The van der Waals surface area contributed by atoms with Gasteiger partial charge in [-0.05, 0) is 12.1 Å². The standard InChI is InChI=1S/C7H5Cl2NO2/c8-5-1-4(10-3-11)2-6(9)7(5)12/h1-3,12H,(H,10,11). The zero-order chi connectivity index (χ0) is 9.14. The van der Waals surface area contributed by atoms with E-state index in [4.69, 9.17) is 28.3 Å². The molecule has 0 radical (unpaired) electrons. The first-order chi connectivity index (χ1) is 5.65. The Morgan fingerprint density at radius 2 is 1.83 bits per heavy atom. The minimum Gasteiger partial charge on any atom is -0.505 e. The largest absolute Gasteiger partial charge is 0.505 e. The fourth-order valence-electron chi connectivity index (χ4n) is 0.717. The molecule has 0 aliphatic heterocycles. The highest BCUT2D eigenvalue weighted by Crippen LogP contribution is 2.34. The van der Waals surface area contributed by atoms with Gasteiger partial charge in [0.25, 0.3) is 0 Å². The van der Waals surface area contributed by atoms with Gasteiger partial charge in [0, 0.05) is 5.69 Å². The molecule has 1 aromatic rings. The molecule has 0 aromatic heterocycles. The second-order valence-corrected chi connectivity index (χ2v) is 2.87. The molecular formula is C7H5Cl2NO2. The number of hydrogen-bond donors (Lipinski definition) is 2. The van der Waals surface area contributed by atoms with Crippen LogP contribution < -0.4 is 5.32 Å². The zero-order valence-corrected chi connectivity index (χ0v) is 7.36. The average molecular weight is 206 g/mol. The quantitative estimate of drug-likeness (QED) is 0.575. The van der Waals surface area contributed by atoms with Gasteiger partial charge in [0.15, 0.2) is 5.75 Å². The predicted octanol–water partition coefficient (Wildman–Crippen LogP) is 2.27. The first kappa shape index (κ1) is 9.16. The van der Waals surface area contributed by atoms with E-state index in [0.717, 1.165) is 0 Å². The lowest BCUT2D eigenvalue weighted by atomic mass is 10.3. The molecule has 1 aromatic carbocycles. The van der Waals surface area contributed by atoms with Gasteiger partial charge < -0.3 is 10.4 Å². The summed E-state index contributed by atoms with van der Waals surface area (Å²) in [5, 5.41) is 11.7. The first-order valence-electron chi connectivity index (χ1n) is 3.03. The molecule has 1 amide bonds. The lowest BCUT2D eigenvalue weighted by Gasteiger charge is -2.03. The molecule has 12 heavy (non-hydrogen) atoms. The normalized spacial score (nSPS) is 9.50. The molecule has 0 heterocycles. The van der Waals surface area contributed by atoms with Gasteiger partial charge in [-0.25, -0.2) is 0 Å². The number of benzene rings is 1. The van der Waals surface area contributed by atoms with E-state index in [-0.39, 0.29) is 15.8 Å². The number of nitrogens with one attached hydrogen (secondary N) is 1. The summed E-state index contributed by atoms with van der Waals surface area (Å²) in [5.41, 5.74) is 0.442. The molecule has 0 aliphatic carbocycles. The third kappa shape index (κ3) is 1.81. The Bertz CT molecular complexity index is 291. The fraction of sp³-hybridized carbons (Fsp3) is 0. The van der Waals surface area contributed by atoms with Crippen molar-refractivity contribution in [3.8, 4) is 5.75 Å². The lowest BCUT2D eigenvalue weighted by Crippen LogP contribution is -1.93. The topological polar surface area (TPSA) is 49.3 Å². The maximum atomic E-state index is 10.0. The summed E-state index contributed by atoms with van der Waals surface area (Å²) in [6.45, 7) is 0. The van der Waals surface area contributed by atoms with Crippen LogP contribution in [0.2, 0.25) is 10.0 Å². The average Bonchev–Trinajstić information content (AvgIpc) is 2.01. The van der Waals surface area contributed by atoms with Crippen LogP contribution in [-0.2, 0) is 4.79 Å². The van der Waals surface area contributed by atoms with E-state index < -0.39 is 0 Å². The van der Waals surface area contributed by atoms with Crippen molar-refractivity contribution in [3.63, 3.8) is 0 Å². The van der Waals surface area contributed by atoms with Gasteiger partial charge >= 0.3 is 0 Å². The van der Waals surface area contributed by atoms with Crippen LogP contribution in [0, 0.1) is 0 Å². The maximum Gasteiger partial charge on any atom is 0.211 e. The molecule has 0 fully saturated rings. The molecular weight excluding hydrogens is 201 g/mol. The van der Waals surface area contributed by atoms with Gasteiger partial charge in [0.1, 0.15) is 0 Å². The second-order valence-electron chi connectivity index (χ2n) is 2.05. The second kappa shape index (κ2) is 3.65. The molecule has 64 valence electrons. The fourth-order valence-corrected chi connectivity index (χ4v) is 1.20. The van der Waals surface area contributed by atoms with E-state index in [0.29, 0.717) is 12.1 Å². The van der Waals surface area contributed by atoms with Crippen molar-refractivity contribution < 1.29 is 9.90 Å². The molecule has 0 bridgehead atoms. The van der Waals surface area contributed by atoms with E-state index in [2.05, 4.69) is 5.32 Å². The zero-order valence-electron chi connectivity index (χ0n) is 5.84. The number of hydrogen-bond acceptors (Lipinski definition) is 2. The van der Waals surface area contributed by atoms with Gasteiger partial charge in [0.2, 0.25) is 6.41 Å². The molecule has 0 saturated carbocycles. The smallest absolute Gasteiger partial charge is 0.211 e. The number of rotatable bonds is 2. The number of phenolic OH excluding ortho intramolecular Hbond substituents is 1. The Balaban J connectivity index is 3.11. The van der Waals surface area contributed by atoms with Gasteiger partial charge in [0.05, 0.1) is 10.0 Å². The van der Waals surface area contributed by atoms with Gasteiger partial charge in [-0.1, -0.05) is 23.2 Å². The number of carbonyl (C=O) groups is 1. The first-order valence-corrected chi connectivity index (χ1v) is 3.79. The molecule has 0 aliphatic rings. The third-order valence-electron chi connectivity index (χ3n) is 1.24. The van der Waals surface area contributed by atoms with Gasteiger partial charge in [-0.3, -0.25) is 4.79 Å². The molecule has 2 N–H and O–H groups in total. The Hall–Kier alpha value is -0.930. The summed E-state index contributed by atoms with van der Waals surface area (Å²) in [7, 11) is 0. The van der Waals surface area contributed by atoms with Gasteiger partial charge in [-0.2, -0.15) is 0 Å². The molecule has 0 unspecified atom stereocenters. The van der Waals surface area contributed by atoms with Crippen LogP contribution in [0.1, 0.15) is 0 Å². The lowest BCUT2D eigenvalue weighted by molar-refractivity contribution is -0.105. The Morgan fingerprint density at radius 1 is 1.33 bits per heavy atom. The van der Waals surface area contributed by atoms with Crippen LogP contribution in [0.3, 0.4) is 0 Å². The van der Waals surface area contributed by atoms with E-state index in [9.17, 15) is 4.79 Å². The van der Waals surface area contributed by atoms with Crippen molar-refractivity contribution in [3.05, 3.63) is 22.2 Å². The van der Waals surface area contributed by atoms with Crippen LogP contribution in [0.4, 0.5) is 5.69 Å². The minimum atomic E-state index is -0.185. The van der Waals surface area contributed by atoms with E-state index in [1.165, 1.54) is 12.1 Å². The summed E-state index contributed by atoms with van der Waals surface area (Å²) >= 11 is 11.1. The number of phenols is 1. The maximum absolute atomic E-state index is 10.0. The number of aromatic hydroxyl groups is 1. The summed E-state index contributed by atoms with van der Waals surface area (Å²) in [5.74, 6) is -0.185. The Labute approximate surface area is 78.9 Å². The molecule has 5 heteroatoms. The summed E-state index contributed by atoms with van der Waals surface area (Å²) in [6, 6.07) is 2.80. The van der Waals surface area contributed by atoms with Crippen molar-refractivity contribution in [2.24, 2.45) is 0 Å². The van der Waals surface area contributed by atoms with Crippen molar-refractivity contribution in [1.29, 1.82) is 0 Å². The monoisotopic (exact) mass is 205 g/mol. The highest BCUT2D eigenvalue weighted by atomic mass is 35.5. The van der Waals surface area contributed by atoms with Crippen molar-refractivity contribution >= 4 is 35.3 Å². The van der Waals surface area contributed by atoms with Crippen LogP contribution in [0.5, 0.6) is 5.75 Å². The highest BCUT2D eigenvalue weighted by Gasteiger charge is 2.05. The third-order valence-corrected chi connectivity index (χ3v) is 1.82. The number of anilines is 1. The molecule has 0 saturated heterocycles. The van der Waals surface area contributed by atoms with Crippen molar-refractivity contribution in [2.45, 2.75) is 0 Å². The van der Waals surface area contributed by atoms with Crippen LogP contribution >= 0.6 is 23.2 Å². The summed E-state index contributed by atoms with van der Waals surface area (Å²) < 4.78 is 0. The van der Waals surface area contributed by atoms with E-state index in [1.54, 1.807) is 0 Å². The predicted molar refractivity (Wildman–Crippen MR) is 47.8 cm³/mol. The van der Waals surface area contributed by atoms with Crippen molar-refractivity contribution in [1.82, 2.24) is 0 Å². The highest BCUT2D eigenvalue weighted by molar-refractivity contribution is 6.37. The number of halogens is 2. The summed E-state index contributed by atoms with van der Waals surface area (Å²) in [6.07, 6.45) is 0.499. The van der Waals surface area contributed by atoms with Crippen LogP contribution in [0.15, 0.2) is 12.1 Å². The van der Waals surface area contributed by atoms with Crippen molar-refractivity contribution in [2.75, 3.05) is 5.32 Å². The Kier molecular flexibility index (Phi) is 2.78. The van der Waals surface area contributed by atoms with Crippen LogP contribution in [-0.4, -0.2) is 11.5 Å². The van der Waals surface area contributed by atoms with E-state index >= 15 is 0 Å². The minimum absolute atomic E-state index is 0.104. The van der Waals surface area contributed by atoms with Crippen LogP contribution in [0.25, 0.3) is 0 Å². The molecule has 3 nitrogen and oxygen atoms in total. The SMILES string of the molecule is O=CNc1cc(Cl)c(O)c(Cl)c1. The summed E-state index contributed by atoms with van der Waals surface area (Å²) in [4.78, 5) is 10.0. The number of amides is 1. The van der Waals surface area contributed by atoms with Gasteiger partial charge in [-0.15, -0.1) is 0 Å². The number of carbonyl (C=O) groups excluding carboxylic acids is 1. The Morgan fingerprint density at radius 3 is 2.25 bits per heavy atom. The molecule has 0 atom stereocenters. The molecule has 0 spiro atoms.